The Morgan fingerprint density at radius 2 is 1.86 bits per heavy atom. The minimum atomic E-state index is 0.266. The molecule has 1 atom stereocenters. The second-order valence-corrected chi connectivity index (χ2v) is 6.17. The van der Waals surface area contributed by atoms with Gasteiger partial charge >= 0.3 is 0 Å². The van der Waals surface area contributed by atoms with Gasteiger partial charge in [0.2, 0.25) is 0 Å². The van der Waals surface area contributed by atoms with Crippen molar-refractivity contribution in [3.63, 3.8) is 0 Å². The molecule has 21 heavy (non-hydrogen) atoms. The average Bonchev–Trinajstić information content (AvgIpc) is 3.02. The Balaban J connectivity index is 1.96. The van der Waals surface area contributed by atoms with Gasteiger partial charge in [-0.3, -0.25) is 4.90 Å². The normalized spacial score (nSPS) is 17.7. The van der Waals surface area contributed by atoms with Gasteiger partial charge in [0.25, 0.3) is 0 Å². The smallest absolute Gasteiger partial charge is 0.128 e. The zero-order valence-corrected chi connectivity index (χ0v) is 13.0. The second-order valence-electron chi connectivity index (χ2n) is 6.17. The lowest BCUT2D eigenvalue weighted by Gasteiger charge is -2.34. The van der Waals surface area contributed by atoms with Crippen LogP contribution in [0.5, 0.6) is 5.75 Å². The van der Waals surface area contributed by atoms with E-state index in [1.54, 1.807) is 0 Å². The Morgan fingerprint density at radius 3 is 2.57 bits per heavy atom. The number of hydrogen-bond donors (Lipinski definition) is 1. The summed E-state index contributed by atoms with van der Waals surface area (Å²) in [6, 6.07) is 13.2. The van der Waals surface area contributed by atoms with Crippen molar-refractivity contribution in [1.82, 2.24) is 4.90 Å². The standard InChI is InChI=1S/C19H25NO/c1-3-20(16-9-5-6-10-16)14(2)17-13-12-15-8-4-7-11-18(15)19(17)21/h4,7-8,11-14,16,21H,3,5-6,9-10H2,1-2H3. The Labute approximate surface area is 127 Å². The number of aromatic hydroxyl groups is 1. The molecule has 0 amide bonds. The van der Waals surface area contributed by atoms with E-state index in [-0.39, 0.29) is 6.04 Å². The van der Waals surface area contributed by atoms with Crippen LogP contribution in [0, 0.1) is 0 Å². The monoisotopic (exact) mass is 283 g/mol. The van der Waals surface area contributed by atoms with Crippen LogP contribution in [0.15, 0.2) is 36.4 Å². The lowest BCUT2D eigenvalue weighted by molar-refractivity contribution is 0.152. The molecule has 2 heteroatoms. The van der Waals surface area contributed by atoms with Gasteiger partial charge < -0.3 is 5.11 Å². The second kappa shape index (κ2) is 6.07. The highest BCUT2D eigenvalue weighted by atomic mass is 16.3. The van der Waals surface area contributed by atoms with Crippen molar-refractivity contribution in [3.05, 3.63) is 42.0 Å². The molecular weight excluding hydrogens is 258 g/mol. The van der Waals surface area contributed by atoms with Gasteiger partial charge in [-0.05, 0) is 31.7 Å². The first-order chi connectivity index (χ1) is 10.2. The first-order valence-corrected chi connectivity index (χ1v) is 8.18. The summed E-state index contributed by atoms with van der Waals surface area (Å²) >= 11 is 0. The molecule has 1 aliphatic rings. The number of phenolic OH excluding ortho intramolecular Hbond substituents is 1. The molecule has 0 heterocycles. The van der Waals surface area contributed by atoms with Crippen LogP contribution >= 0.6 is 0 Å². The summed E-state index contributed by atoms with van der Waals surface area (Å²) in [5.74, 6) is 0.456. The molecule has 2 aromatic rings. The zero-order chi connectivity index (χ0) is 14.8. The van der Waals surface area contributed by atoms with Crippen molar-refractivity contribution in [2.24, 2.45) is 0 Å². The number of rotatable bonds is 4. The molecule has 2 aromatic carbocycles. The molecular formula is C19H25NO. The van der Waals surface area contributed by atoms with Gasteiger partial charge in [-0.25, -0.2) is 0 Å². The van der Waals surface area contributed by atoms with E-state index in [1.807, 2.05) is 18.2 Å². The molecule has 1 saturated carbocycles. The number of nitrogens with zero attached hydrogens (tertiary/aromatic N) is 1. The van der Waals surface area contributed by atoms with Crippen molar-refractivity contribution < 1.29 is 5.11 Å². The third-order valence-electron chi connectivity index (χ3n) is 5.04. The number of benzene rings is 2. The molecule has 112 valence electrons. The molecule has 0 bridgehead atoms. The van der Waals surface area contributed by atoms with Crippen LogP contribution in [0.4, 0.5) is 0 Å². The summed E-state index contributed by atoms with van der Waals surface area (Å²) < 4.78 is 0. The topological polar surface area (TPSA) is 23.5 Å². The summed E-state index contributed by atoms with van der Waals surface area (Å²) in [7, 11) is 0. The Hall–Kier alpha value is -1.54. The lowest BCUT2D eigenvalue weighted by Crippen LogP contribution is -2.35. The molecule has 0 aliphatic heterocycles. The van der Waals surface area contributed by atoms with Crippen molar-refractivity contribution >= 4 is 10.8 Å². The summed E-state index contributed by atoms with van der Waals surface area (Å²) in [6.07, 6.45) is 5.29. The van der Waals surface area contributed by atoms with E-state index < -0.39 is 0 Å². The predicted molar refractivity (Wildman–Crippen MR) is 88.7 cm³/mol. The van der Waals surface area contributed by atoms with E-state index in [9.17, 15) is 5.11 Å². The summed E-state index contributed by atoms with van der Waals surface area (Å²) in [5.41, 5.74) is 1.06. The number of fused-ring (bicyclic) bond motifs is 1. The van der Waals surface area contributed by atoms with E-state index in [1.165, 1.54) is 25.7 Å². The fraction of sp³-hybridized carbons (Fsp3) is 0.474. The van der Waals surface area contributed by atoms with Crippen LogP contribution < -0.4 is 0 Å². The van der Waals surface area contributed by atoms with Gasteiger partial charge in [0.15, 0.2) is 0 Å². The van der Waals surface area contributed by atoms with Gasteiger partial charge in [0.05, 0.1) is 0 Å². The molecule has 0 saturated heterocycles. The highest BCUT2D eigenvalue weighted by molar-refractivity contribution is 5.89. The van der Waals surface area contributed by atoms with E-state index in [0.29, 0.717) is 11.8 Å². The fourth-order valence-corrected chi connectivity index (χ4v) is 3.87. The van der Waals surface area contributed by atoms with Crippen molar-refractivity contribution in [1.29, 1.82) is 0 Å². The van der Waals surface area contributed by atoms with E-state index in [2.05, 4.69) is 36.9 Å². The van der Waals surface area contributed by atoms with Crippen LogP contribution in [-0.2, 0) is 0 Å². The lowest BCUT2D eigenvalue weighted by atomic mass is 9.98. The highest BCUT2D eigenvalue weighted by Gasteiger charge is 2.27. The van der Waals surface area contributed by atoms with Crippen LogP contribution in [-0.4, -0.2) is 22.6 Å². The maximum atomic E-state index is 10.7. The molecule has 1 N–H and O–H groups in total. The largest absolute Gasteiger partial charge is 0.507 e. The average molecular weight is 283 g/mol. The molecule has 1 unspecified atom stereocenters. The first kappa shape index (κ1) is 14.4. The van der Waals surface area contributed by atoms with Crippen LogP contribution in [0.2, 0.25) is 0 Å². The Morgan fingerprint density at radius 1 is 1.14 bits per heavy atom. The quantitative estimate of drug-likeness (QED) is 0.865. The van der Waals surface area contributed by atoms with Gasteiger partial charge in [0.1, 0.15) is 5.75 Å². The van der Waals surface area contributed by atoms with Gasteiger partial charge in [-0.1, -0.05) is 56.2 Å². The molecule has 0 radical (unpaired) electrons. The van der Waals surface area contributed by atoms with Crippen molar-refractivity contribution in [2.75, 3.05) is 6.54 Å². The molecule has 1 fully saturated rings. The number of hydrogen-bond acceptors (Lipinski definition) is 2. The summed E-state index contributed by atoms with van der Waals surface area (Å²) in [6.45, 7) is 5.50. The molecule has 0 aromatic heterocycles. The summed E-state index contributed by atoms with van der Waals surface area (Å²) in [5, 5.41) is 12.7. The van der Waals surface area contributed by atoms with Gasteiger partial charge in [0, 0.05) is 23.0 Å². The van der Waals surface area contributed by atoms with E-state index >= 15 is 0 Å². The zero-order valence-electron chi connectivity index (χ0n) is 13.0. The van der Waals surface area contributed by atoms with E-state index in [0.717, 1.165) is 22.9 Å². The van der Waals surface area contributed by atoms with Crippen molar-refractivity contribution in [3.8, 4) is 5.75 Å². The molecule has 1 aliphatic carbocycles. The molecule has 0 spiro atoms. The highest BCUT2D eigenvalue weighted by Crippen LogP contribution is 2.37. The van der Waals surface area contributed by atoms with E-state index in [4.69, 9.17) is 0 Å². The maximum absolute atomic E-state index is 10.7. The predicted octanol–water partition coefficient (Wildman–Crippen LogP) is 4.87. The molecule has 2 nitrogen and oxygen atoms in total. The third-order valence-corrected chi connectivity index (χ3v) is 5.04. The van der Waals surface area contributed by atoms with Crippen LogP contribution in [0.1, 0.15) is 51.1 Å². The van der Waals surface area contributed by atoms with Gasteiger partial charge in [-0.2, -0.15) is 0 Å². The number of phenols is 1. The van der Waals surface area contributed by atoms with Crippen LogP contribution in [0.3, 0.4) is 0 Å². The molecule has 3 rings (SSSR count). The summed E-state index contributed by atoms with van der Waals surface area (Å²) in [4.78, 5) is 2.55. The minimum Gasteiger partial charge on any atom is -0.507 e. The van der Waals surface area contributed by atoms with Crippen LogP contribution in [0.25, 0.3) is 10.8 Å². The van der Waals surface area contributed by atoms with Crippen molar-refractivity contribution in [2.45, 2.75) is 51.6 Å². The van der Waals surface area contributed by atoms with Gasteiger partial charge in [-0.15, -0.1) is 0 Å². The maximum Gasteiger partial charge on any atom is 0.128 e. The Bertz CT molecular complexity index is 616. The Kier molecular flexibility index (Phi) is 4.16. The minimum absolute atomic E-state index is 0.266. The SMILES string of the molecule is CCN(C1CCCC1)C(C)c1ccc2ccccc2c1O. The fourth-order valence-electron chi connectivity index (χ4n) is 3.87. The third kappa shape index (κ3) is 2.65. The first-order valence-electron chi connectivity index (χ1n) is 8.18.